The molecule has 0 unspecified atom stereocenters. The Morgan fingerprint density at radius 2 is 1.72 bits per heavy atom. The third-order valence-electron chi connectivity index (χ3n) is 5.50. The number of carbonyl (C=O) groups excluding carboxylic acids is 2. The van der Waals surface area contributed by atoms with Gasteiger partial charge in [0.15, 0.2) is 0 Å². The molecule has 0 saturated heterocycles. The summed E-state index contributed by atoms with van der Waals surface area (Å²) in [5.41, 5.74) is 3.71. The van der Waals surface area contributed by atoms with Crippen LogP contribution in [0.4, 0.5) is 4.39 Å². The van der Waals surface area contributed by atoms with Crippen molar-refractivity contribution in [1.29, 1.82) is 0 Å². The van der Waals surface area contributed by atoms with Gasteiger partial charge in [0.1, 0.15) is 22.9 Å². The van der Waals surface area contributed by atoms with E-state index in [1.807, 2.05) is 0 Å². The van der Waals surface area contributed by atoms with Crippen LogP contribution in [0.3, 0.4) is 0 Å². The van der Waals surface area contributed by atoms with Crippen LogP contribution >= 0.6 is 0 Å². The summed E-state index contributed by atoms with van der Waals surface area (Å²) in [4.78, 5) is 29.9. The Hall–Kier alpha value is -4.93. The Labute approximate surface area is 205 Å². The number of aromatic nitrogens is 2. The summed E-state index contributed by atoms with van der Waals surface area (Å²) < 4.78 is 15.0. The number of amides is 2. The lowest BCUT2D eigenvalue weighted by Gasteiger charge is -2.07. The number of rotatable bonds is 7. The number of benzene rings is 2. The molecule has 182 valence electrons. The number of nitrogens with zero attached hydrogens (tertiary/aromatic N) is 4. The number of fused-ring (bicyclic) bond motifs is 1. The summed E-state index contributed by atoms with van der Waals surface area (Å²) in [7, 11) is 0. The minimum absolute atomic E-state index is 0.160. The second-order valence-corrected chi connectivity index (χ2v) is 8.01. The normalized spacial score (nSPS) is 11.1. The highest BCUT2D eigenvalue weighted by Gasteiger charge is 2.16. The van der Waals surface area contributed by atoms with Gasteiger partial charge in [0, 0.05) is 24.5 Å². The smallest absolute Gasteiger partial charge is 0.347 e. The summed E-state index contributed by atoms with van der Waals surface area (Å²) in [6.45, 7) is 2.15. The molecule has 0 bridgehead atoms. The summed E-state index contributed by atoms with van der Waals surface area (Å²) in [5.74, 6) is 4.16. The van der Waals surface area contributed by atoms with E-state index in [1.54, 1.807) is 65.9 Å². The number of hydrogen-bond donors (Lipinski definition) is 4. The number of aryl methyl sites for hydroxylation is 1. The molecule has 6 N–H and O–H groups in total. The van der Waals surface area contributed by atoms with Gasteiger partial charge in [0.25, 0.3) is 11.8 Å². The monoisotopic (exact) mass is 487 g/mol. The Morgan fingerprint density at radius 1 is 1.03 bits per heavy atom. The van der Waals surface area contributed by atoms with Crippen LogP contribution in [0.5, 0.6) is 0 Å². The number of nitrogens with one attached hydrogen (secondary N) is 2. The highest BCUT2D eigenvalue weighted by Crippen LogP contribution is 2.12. The third-order valence-corrected chi connectivity index (χ3v) is 5.50. The van der Waals surface area contributed by atoms with E-state index in [1.165, 1.54) is 12.3 Å². The van der Waals surface area contributed by atoms with Crippen LogP contribution in [0.15, 0.2) is 77.2 Å². The molecule has 0 saturated carbocycles. The maximum atomic E-state index is 13.5. The van der Waals surface area contributed by atoms with Crippen molar-refractivity contribution in [2.75, 3.05) is 0 Å². The number of nitrogens with two attached hydrogens (primary N) is 2. The minimum atomic E-state index is -0.405. The van der Waals surface area contributed by atoms with E-state index >= 15 is 0 Å². The van der Waals surface area contributed by atoms with Gasteiger partial charge in [-0.05, 0) is 53.9 Å². The molecule has 2 aromatic heterocycles. The first kappa shape index (κ1) is 24.2. The zero-order valence-corrected chi connectivity index (χ0v) is 19.4. The first-order chi connectivity index (χ1) is 17.4. The summed E-state index contributed by atoms with van der Waals surface area (Å²) in [6, 6.07) is 16.8. The number of amidine groups is 1. The molecule has 0 aliphatic heterocycles. The van der Waals surface area contributed by atoms with Crippen LogP contribution in [0.2, 0.25) is 0 Å². The van der Waals surface area contributed by atoms with Gasteiger partial charge < -0.3 is 10.6 Å². The molecule has 2 aromatic carbocycles. The van der Waals surface area contributed by atoms with Crippen LogP contribution in [0, 0.1) is 12.7 Å². The van der Waals surface area contributed by atoms with Crippen molar-refractivity contribution in [2.45, 2.75) is 20.0 Å². The van der Waals surface area contributed by atoms with Crippen LogP contribution < -0.4 is 21.9 Å². The SMILES string of the molecule is Cc1cc(CNC(=O)c2cn3c(C(=O)NCc4ccc(C(=[NH2+])N=NN)cc4)cccc3n2)ccc1F. The Morgan fingerprint density at radius 3 is 2.44 bits per heavy atom. The lowest BCUT2D eigenvalue weighted by molar-refractivity contribution is -0.114. The topological polar surface area (TPSA) is 152 Å². The molecule has 0 radical (unpaired) electrons. The average molecular weight is 488 g/mol. The first-order valence-electron chi connectivity index (χ1n) is 11.0. The highest BCUT2D eigenvalue weighted by molar-refractivity contribution is 5.96. The van der Waals surface area contributed by atoms with E-state index < -0.39 is 5.91 Å². The number of hydrogen-bond acceptors (Lipinski definition) is 4. The third kappa shape index (κ3) is 5.41. The molecule has 0 spiro atoms. The molecule has 4 aromatic rings. The lowest BCUT2D eigenvalue weighted by Crippen LogP contribution is -2.38. The van der Waals surface area contributed by atoms with E-state index in [9.17, 15) is 14.0 Å². The number of halogens is 1. The first-order valence-corrected chi connectivity index (χ1v) is 11.0. The van der Waals surface area contributed by atoms with Crippen LogP contribution in [-0.2, 0) is 13.1 Å². The molecule has 10 nitrogen and oxygen atoms in total. The maximum Gasteiger partial charge on any atom is 0.350 e. The van der Waals surface area contributed by atoms with Gasteiger partial charge in [-0.15, -0.1) is 0 Å². The second-order valence-electron chi connectivity index (χ2n) is 8.01. The van der Waals surface area contributed by atoms with Crippen LogP contribution in [0.1, 0.15) is 43.2 Å². The molecule has 0 aliphatic rings. The van der Waals surface area contributed by atoms with Crippen molar-refractivity contribution < 1.29 is 19.4 Å². The van der Waals surface area contributed by atoms with Crippen molar-refractivity contribution in [2.24, 2.45) is 16.2 Å². The number of pyridine rings is 1. The zero-order valence-electron chi connectivity index (χ0n) is 19.4. The largest absolute Gasteiger partial charge is 0.350 e. The van der Waals surface area contributed by atoms with Crippen LogP contribution in [0.25, 0.3) is 5.65 Å². The standard InChI is InChI=1S/C25H23FN8O2/c1-15-11-17(7-10-19(15)26)13-29-24(35)20-14-34-21(3-2-4-22(34)31-20)25(36)30-12-16-5-8-18(9-6-16)23(27)32-33-28/h2-11,14H,12-13H2,1H3,(H,29,35)(H,30,36)(H3,27,28,32)/p+1. The molecular weight excluding hydrogens is 463 g/mol. The van der Waals surface area contributed by atoms with Crippen molar-refractivity contribution in [1.82, 2.24) is 20.0 Å². The molecule has 0 fully saturated rings. The molecule has 2 amide bonds. The second kappa shape index (κ2) is 10.6. The van der Waals surface area contributed by atoms with E-state index in [0.29, 0.717) is 22.5 Å². The summed E-state index contributed by atoms with van der Waals surface area (Å²) in [6.07, 6.45) is 1.51. The summed E-state index contributed by atoms with van der Waals surface area (Å²) in [5, 5.41) is 18.1. The Balaban J connectivity index is 1.43. The molecule has 4 rings (SSSR count). The predicted molar refractivity (Wildman–Crippen MR) is 130 cm³/mol. The highest BCUT2D eigenvalue weighted by atomic mass is 19.1. The Bertz CT molecular complexity index is 1480. The average Bonchev–Trinajstić information content (AvgIpc) is 3.33. The number of carbonyl (C=O) groups is 2. The van der Waals surface area contributed by atoms with Crippen molar-refractivity contribution in [3.8, 4) is 0 Å². The van der Waals surface area contributed by atoms with Gasteiger partial charge in [-0.25, -0.2) is 9.37 Å². The fourth-order valence-electron chi connectivity index (χ4n) is 3.58. The number of imidazole rings is 1. The molecular formula is C25H24FN8O2+. The van der Waals surface area contributed by atoms with Gasteiger partial charge in [-0.2, -0.15) is 0 Å². The Kier molecular flexibility index (Phi) is 7.10. The van der Waals surface area contributed by atoms with Gasteiger partial charge in [-0.1, -0.05) is 30.3 Å². The van der Waals surface area contributed by atoms with E-state index in [2.05, 4.69) is 26.0 Å². The summed E-state index contributed by atoms with van der Waals surface area (Å²) >= 11 is 0. The maximum absolute atomic E-state index is 13.5. The molecule has 11 heteroatoms. The van der Waals surface area contributed by atoms with E-state index in [0.717, 1.165) is 11.1 Å². The predicted octanol–water partition coefficient (Wildman–Crippen LogP) is 1.47. The van der Waals surface area contributed by atoms with Gasteiger partial charge in [0.2, 0.25) is 0 Å². The zero-order chi connectivity index (χ0) is 25.7. The minimum Gasteiger partial charge on any atom is -0.347 e. The molecule has 2 heterocycles. The van der Waals surface area contributed by atoms with Gasteiger partial charge in [-0.3, -0.25) is 25.2 Å². The molecule has 0 aliphatic carbocycles. The van der Waals surface area contributed by atoms with E-state index in [4.69, 9.17) is 11.3 Å². The fraction of sp³-hybridized carbons (Fsp3) is 0.120. The fourth-order valence-corrected chi connectivity index (χ4v) is 3.58. The van der Waals surface area contributed by atoms with E-state index in [-0.39, 0.29) is 36.3 Å². The van der Waals surface area contributed by atoms with Gasteiger partial charge in [0.05, 0.1) is 10.7 Å². The van der Waals surface area contributed by atoms with Gasteiger partial charge >= 0.3 is 5.84 Å². The van der Waals surface area contributed by atoms with Crippen molar-refractivity contribution >= 4 is 23.3 Å². The lowest BCUT2D eigenvalue weighted by atomic mass is 10.1. The van der Waals surface area contributed by atoms with Crippen molar-refractivity contribution in [3.05, 3.63) is 106 Å². The molecule has 36 heavy (non-hydrogen) atoms. The quantitative estimate of drug-likeness (QED) is 0.103. The van der Waals surface area contributed by atoms with Crippen LogP contribution in [-0.4, -0.2) is 27.0 Å². The van der Waals surface area contributed by atoms with Crippen molar-refractivity contribution in [3.63, 3.8) is 0 Å². The molecule has 0 atom stereocenters.